The number of nitrogens with one attached hydrogen (secondary N) is 2. The van der Waals surface area contributed by atoms with Crippen molar-refractivity contribution in [3.8, 4) is 0 Å². The number of benzene rings is 1. The molecule has 2 rings (SSSR count). The van der Waals surface area contributed by atoms with Crippen LogP contribution in [0.2, 0.25) is 5.02 Å². The molecule has 0 bridgehead atoms. The third-order valence-electron chi connectivity index (χ3n) is 3.11. The van der Waals surface area contributed by atoms with Gasteiger partial charge in [0.15, 0.2) is 16.8 Å². The first-order valence-electron chi connectivity index (χ1n) is 7.62. The summed E-state index contributed by atoms with van der Waals surface area (Å²) in [6, 6.07) is 9.55. The minimum atomic E-state index is -2.98. The molecule has 0 saturated carbocycles. The second-order valence-corrected chi connectivity index (χ2v) is 7.22. The standard InChI is InChI=1S/C15H19ClN4O4S2/c1-10(7-21)18-14-12(16)13(17-9-24-26(22)23)19-15(20-14)25-8-11-5-3-2-4-6-11/h2-6,10,21,26H,7-9H2,1H3,(H2,17,18,19,20)/t10-/m1/s1. The summed E-state index contributed by atoms with van der Waals surface area (Å²) in [5.41, 5.74) is 1.11. The molecule has 0 aliphatic rings. The number of hydrogen-bond acceptors (Lipinski definition) is 9. The third kappa shape index (κ3) is 6.61. The molecule has 0 saturated heterocycles. The van der Waals surface area contributed by atoms with Crippen LogP contribution in [0, 0.1) is 0 Å². The predicted molar refractivity (Wildman–Crippen MR) is 103 cm³/mol. The quantitative estimate of drug-likeness (QED) is 0.199. The molecule has 1 atom stereocenters. The van der Waals surface area contributed by atoms with Crippen molar-refractivity contribution in [3.63, 3.8) is 0 Å². The highest BCUT2D eigenvalue weighted by Gasteiger charge is 2.15. The molecule has 3 N–H and O–H groups in total. The molecule has 2 aromatic rings. The zero-order valence-corrected chi connectivity index (χ0v) is 16.4. The minimum absolute atomic E-state index is 0.102. The van der Waals surface area contributed by atoms with E-state index in [1.165, 1.54) is 11.8 Å². The fourth-order valence-electron chi connectivity index (χ4n) is 1.86. The van der Waals surface area contributed by atoms with E-state index < -0.39 is 11.0 Å². The van der Waals surface area contributed by atoms with Crippen LogP contribution in [0.15, 0.2) is 35.5 Å². The summed E-state index contributed by atoms with van der Waals surface area (Å²) in [5, 5.41) is 15.5. The Bertz CT molecular complexity index is 785. The summed E-state index contributed by atoms with van der Waals surface area (Å²) in [4.78, 5) is 8.68. The van der Waals surface area contributed by atoms with Crippen molar-refractivity contribution in [2.45, 2.75) is 23.9 Å². The lowest BCUT2D eigenvalue weighted by Crippen LogP contribution is -2.21. The Morgan fingerprint density at radius 1 is 1.27 bits per heavy atom. The normalized spacial score (nSPS) is 12.2. The highest BCUT2D eigenvalue weighted by Crippen LogP contribution is 2.31. The van der Waals surface area contributed by atoms with Crippen LogP contribution >= 0.6 is 23.4 Å². The van der Waals surface area contributed by atoms with Crippen LogP contribution < -0.4 is 10.6 Å². The van der Waals surface area contributed by atoms with Crippen LogP contribution in [0.25, 0.3) is 0 Å². The third-order valence-corrected chi connectivity index (χ3v) is 4.72. The topological polar surface area (TPSA) is 113 Å². The van der Waals surface area contributed by atoms with Crippen molar-refractivity contribution >= 4 is 46.0 Å². The number of thioether (sulfide) groups is 1. The van der Waals surface area contributed by atoms with Gasteiger partial charge < -0.3 is 15.7 Å². The molecule has 26 heavy (non-hydrogen) atoms. The second-order valence-electron chi connectivity index (χ2n) is 5.19. The number of rotatable bonds is 10. The van der Waals surface area contributed by atoms with E-state index in [0.717, 1.165) is 5.56 Å². The molecule has 0 spiro atoms. The number of hydrogen-bond donors (Lipinski definition) is 4. The fraction of sp³-hybridized carbons (Fsp3) is 0.333. The van der Waals surface area contributed by atoms with E-state index in [2.05, 4.69) is 24.8 Å². The Kier molecular flexibility index (Phi) is 8.39. The summed E-state index contributed by atoms with van der Waals surface area (Å²) < 4.78 is 25.5. The van der Waals surface area contributed by atoms with Gasteiger partial charge in [0.25, 0.3) is 11.0 Å². The minimum Gasteiger partial charge on any atom is -0.394 e. The van der Waals surface area contributed by atoms with Gasteiger partial charge in [-0.15, -0.1) is 0 Å². The van der Waals surface area contributed by atoms with Gasteiger partial charge in [0.1, 0.15) is 11.8 Å². The van der Waals surface area contributed by atoms with E-state index in [1.54, 1.807) is 6.92 Å². The van der Waals surface area contributed by atoms with E-state index in [4.69, 9.17) is 11.6 Å². The van der Waals surface area contributed by atoms with Crippen LogP contribution in [0.3, 0.4) is 0 Å². The van der Waals surface area contributed by atoms with Gasteiger partial charge in [0, 0.05) is 11.8 Å². The lowest BCUT2D eigenvalue weighted by atomic mass is 10.2. The first kappa shape index (κ1) is 20.7. The molecule has 1 aromatic carbocycles. The zero-order valence-electron chi connectivity index (χ0n) is 13.9. The number of aliphatic hydroxyl groups excluding tert-OH is 1. The van der Waals surface area contributed by atoms with E-state index in [-0.39, 0.29) is 30.2 Å². The van der Waals surface area contributed by atoms with Crippen LogP contribution in [-0.4, -0.2) is 42.9 Å². The zero-order chi connectivity index (χ0) is 18.9. The maximum atomic E-state index is 10.5. The molecule has 0 unspecified atom stereocenters. The Labute approximate surface area is 162 Å². The largest absolute Gasteiger partial charge is 0.394 e. The molecule has 0 fully saturated rings. The Morgan fingerprint density at radius 3 is 2.62 bits per heavy atom. The van der Waals surface area contributed by atoms with Crippen molar-refractivity contribution in [1.29, 1.82) is 0 Å². The number of nitrogens with zero attached hydrogens (tertiary/aromatic N) is 2. The molecular formula is C15H19ClN4O4S2. The predicted octanol–water partition coefficient (Wildman–Crippen LogP) is 2.13. The molecule has 1 aromatic heterocycles. The average Bonchev–Trinajstić information content (AvgIpc) is 2.63. The highest BCUT2D eigenvalue weighted by atomic mass is 35.5. The van der Waals surface area contributed by atoms with Gasteiger partial charge in [0.05, 0.1) is 6.61 Å². The SMILES string of the molecule is C[C@H](CO)Nc1nc(SCc2ccccc2)nc(NCO[SH](=O)=O)c1Cl. The van der Waals surface area contributed by atoms with Crippen LogP contribution in [0.1, 0.15) is 12.5 Å². The van der Waals surface area contributed by atoms with Gasteiger partial charge in [-0.3, -0.25) is 4.18 Å². The first-order valence-corrected chi connectivity index (χ1v) is 10.1. The fourth-order valence-corrected chi connectivity index (χ4v) is 3.03. The molecule has 8 nitrogen and oxygen atoms in total. The maximum Gasteiger partial charge on any atom is 0.258 e. The van der Waals surface area contributed by atoms with E-state index in [1.807, 2.05) is 30.3 Å². The van der Waals surface area contributed by atoms with Crippen LogP contribution in [-0.2, 0) is 20.9 Å². The highest BCUT2D eigenvalue weighted by molar-refractivity contribution is 7.98. The smallest absolute Gasteiger partial charge is 0.258 e. The number of halogens is 1. The molecular weight excluding hydrogens is 400 g/mol. The molecule has 1 heterocycles. The maximum absolute atomic E-state index is 10.5. The monoisotopic (exact) mass is 418 g/mol. The molecule has 142 valence electrons. The van der Waals surface area contributed by atoms with Gasteiger partial charge in [-0.1, -0.05) is 53.7 Å². The van der Waals surface area contributed by atoms with Gasteiger partial charge in [-0.2, -0.15) is 0 Å². The lowest BCUT2D eigenvalue weighted by Gasteiger charge is -2.16. The van der Waals surface area contributed by atoms with Gasteiger partial charge in [-0.25, -0.2) is 18.4 Å². The summed E-state index contributed by atoms with van der Waals surface area (Å²) in [6.45, 7) is 1.37. The molecule has 0 radical (unpaired) electrons. The lowest BCUT2D eigenvalue weighted by molar-refractivity contribution is 0.281. The number of aromatic nitrogens is 2. The van der Waals surface area contributed by atoms with Crippen molar-refractivity contribution in [1.82, 2.24) is 9.97 Å². The van der Waals surface area contributed by atoms with E-state index in [0.29, 0.717) is 16.7 Å². The summed E-state index contributed by atoms with van der Waals surface area (Å²) in [6.07, 6.45) is 0. The van der Waals surface area contributed by atoms with Crippen molar-refractivity contribution in [3.05, 3.63) is 40.9 Å². The molecule has 0 aliphatic carbocycles. The second kappa shape index (κ2) is 10.5. The van der Waals surface area contributed by atoms with E-state index >= 15 is 0 Å². The van der Waals surface area contributed by atoms with Crippen LogP contribution in [0.5, 0.6) is 0 Å². The molecule has 0 aliphatic heterocycles. The summed E-state index contributed by atoms with van der Waals surface area (Å²) in [7, 11) is -2.98. The average molecular weight is 419 g/mol. The van der Waals surface area contributed by atoms with E-state index in [9.17, 15) is 13.5 Å². The number of anilines is 2. The van der Waals surface area contributed by atoms with Crippen LogP contribution in [0.4, 0.5) is 11.6 Å². The summed E-state index contributed by atoms with van der Waals surface area (Å²) >= 11 is 7.67. The first-order chi connectivity index (χ1) is 12.5. The summed E-state index contributed by atoms with van der Waals surface area (Å²) in [5.74, 6) is 1.23. The van der Waals surface area contributed by atoms with Gasteiger partial charge in [-0.05, 0) is 12.5 Å². The van der Waals surface area contributed by atoms with Crippen molar-refractivity contribution < 1.29 is 17.7 Å². The van der Waals surface area contributed by atoms with Gasteiger partial charge in [0.2, 0.25) is 0 Å². The number of thiol groups is 1. The van der Waals surface area contributed by atoms with Crippen molar-refractivity contribution in [2.75, 3.05) is 24.0 Å². The Hall–Kier alpha value is -1.59. The molecule has 0 amide bonds. The molecule has 11 heteroatoms. The van der Waals surface area contributed by atoms with Crippen molar-refractivity contribution in [2.24, 2.45) is 0 Å². The van der Waals surface area contributed by atoms with Gasteiger partial charge >= 0.3 is 0 Å². The number of aliphatic hydroxyl groups is 1. The Morgan fingerprint density at radius 2 is 1.96 bits per heavy atom. The Balaban J connectivity index is 2.20.